The van der Waals surface area contributed by atoms with Gasteiger partial charge in [0.15, 0.2) is 0 Å². The van der Waals surface area contributed by atoms with E-state index in [0.717, 1.165) is 6.54 Å². The molecule has 0 radical (unpaired) electrons. The van der Waals surface area contributed by atoms with Crippen molar-refractivity contribution < 1.29 is 4.79 Å². The van der Waals surface area contributed by atoms with Gasteiger partial charge in [0.2, 0.25) is 5.91 Å². The highest BCUT2D eigenvalue weighted by molar-refractivity contribution is 5.92. The van der Waals surface area contributed by atoms with E-state index in [4.69, 9.17) is 0 Å². The molecule has 0 atom stereocenters. The molecule has 1 heterocycles. The molecular weight excluding hydrogens is 78.0 g/mol. The number of hydrogen-bond donors (Lipinski definition) is 0. The van der Waals surface area contributed by atoms with Crippen LogP contribution in [0.1, 0.15) is 6.92 Å². The minimum Gasteiger partial charge on any atom is -0.332 e. The van der Waals surface area contributed by atoms with Gasteiger partial charge in [0.05, 0.1) is 6.54 Å². The van der Waals surface area contributed by atoms with Crippen LogP contribution in [0.15, 0.2) is 0 Å². The number of likely N-dealkylation sites (N-methyl/N-ethyl adjacent to an activating group) is 1. The topological polar surface area (TPSA) is 20.1 Å². The second-order valence-corrected chi connectivity index (χ2v) is 1.41. The minimum absolute atomic E-state index is 0.289. The Morgan fingerprint density at radius 1 is 2.00 bits per heavy atom. The van der Waals surface area contributed by atoms with E-state index in [1.165, 1.54) is 0 Å². The van der Waals surface area contributed by atoms with Gasteiger partial charge in [0, 0.05) is 6.54 Å². The van der Waals surface area contributed by atoms with Crippen molar-refractivity contribution >= 4 is 5.91 Å². The molecule has 1 rings (SSSR count). The van der Waals surface area contributed by atoms with Gasteiger partial charge >= 0.3 is 0 Å². The first kappa shape index (κ1) is 3.65. The molecule has 34 valence electrons. The van der Waals surface area contributed by atoms with Crippen molar-refractivity contribution in [3.05, 3.63) is 0 Å². The van der Waals surface area contributed by atoms with E-state index in [2.05, 4.69) is 0 Å². The Hall–Kier alpha value is -0.530. The van der Waals surface area contributed by atoms with Crippen molar-refractivity contribution in [2.75, 3.05) is 13.1 Å². The Morgan fingerprint density at radius 3 is 2.50 bits per heavy atom. The molecule has 0 aliphatic carbocycles. The predicted octanol–water partition coefficient (Wildman–Crippen LogP) is -0.151. The van der Waals surface area contributed by atoms with Crippen LogP contribution in [0.3, 0.4) is 0 Å². The van der Waals surface area contributed by atoms with Crippen LogP contribution in [-0.4, -0.2) is 23.9 Å². The summed E-state index contributed by atoms with van der Waals surface area (Å²) in [7, 11) is 0. The second kappa shape index (κ2) is 0.965. The van der Waals surface area contributed by atoms with Gasteiger partial charge < -0.3 is 4.90 Å². The number of amides is 1. The maximum absolute atomic E-state index is 10.0. The summed E-state index contributed by atoms with van der Waals surface area (Å²) in [6.45, 7) is 3.56. The van der Waals surface area contributed by atoms with E-state index in [1.54, 1.807) is 4.90 Å². The Morgan fingerprint density at radius 2 is 2.50 bits per heavy atom. The largest absolute Gasteiger partial charge is 0.332 e. The zero-order valence-corrected chi connectivity index (χ0v) is 3.77. The molecule has 0 aromatic rings. The lowest BCUT2D eigenvalue weighted by atomic mass is 10.8. The molecule has 0 aromatic carbocycles. The van der Waals surface area contributed by atoms with E-state index < -0.39 is 0 Å². The lowest BCUT2D eigenvalue weighted by Crippen LogP contribution is -1.93. The van der Waals surface area contributed by atoms with E-state index in [1.807, 2.05) is 6.92 Å². The second-order valence-electron chi connectivity index (χ2n) is 1.41. The predicted molar refractivity (Wildman–Crippen MR) is 22.3 cm³/mol. The first-order chi connectivity index (χ1) is 2.84. The van der Waals surface area contributed by atoms with Crippen LogP contribution >= 0.6 is 0 Å². The number of carbonyl (C=O) groups excluding carboxylic acids is 1. The summed E-state index contributed by atoms with van der Waals surface area (Å²) in [6, 6.07) is 0. The van der Waals surface area contributed by atoms with Gasteiger partial charge in [-0.15, -0.1) is 0 Å². The monoisotopic (exact) mass is 85.1 g/mol. The number of hydrogen-bond acceptors (Lipinski definition) is 1. The van der Waals surface area contributed by atoms with Gasteiger partial charge in [-0.05, 0) is 6.92 Å². The van der Waals surface area contributed by atoms with Crippen LogP contribution in [0.2, 0.25) is 0 Å². The highest BCUT2D eigenvalue weighted by Gasteiger charge is 2.26. The maximum atomic E-state index is 10.0. The van der Waals surface area contributed by atoms with Crippen molar-refractivity contribution in [1.29, 1.82) is 0 Å². The third-order valence-corrected chi connectivity index (χ3v) is 0.957. The molecule has 0 N–H and O–H groups in total. The molecule has 2 nitrogen and oxygen atoms in total. The summed E-state index contributed by atoms with van der Waals surface area (Å²) >= 11 is 0. The average molecular weight is 85.1 g/mol. The van der Waals surface area contributed by atoms with Crippen molar-refractivity contribution in [2.24, 2.45) is 0 Å². The van der Waals surface area contributed by atoms with Crippen LogP contribution in [-0.2, 0) is 4.79 Å². The molecule has 0 aromatic heterocycles. The minimum atomic E-state index is 0.289. The Labute approximate surface area is 36.7 Å². The summed E-state index contributed by atoms with van der Waals surface area (Å²) < 4.78 is 0. The lowest BCUT2D eigenvalue weighted by Gasteiger charge is -1.82. The fourth-order valence-corrected chi connectivity index (χ4v) is 0.416. The molecule has 0 spiro atoms. The molecule has 1 aliphatic heterocycles. The highest BCUT2D eigenvalue weighted by Crippen LogP contribution is 2.02. The van der Waals surface area contributed by atoms with E-state index in [0.29, 0.717) is 6.54 Å². The van der Waals surface area contributed by atoms with Crippen LogP contribution < -0.4 is 0 Å². The zero-order chi connectivity index (χ0) is 4.57. The maximum Gasteiger partial charge on any atom is 0.242 e. The molecule has 6 heavy (non-hydrogen) atoms. The Bertz CT molecular complexity index is 79.6. The summed E-state index contributed by atoms with van der Waals surface area (Å²) in [5, 5.41) is 0. The van der Waals surface area contributed by atoms with Crippen molar-refractivity contribution in [3.63, 3.8) is 0 Å². The molecule has 1 aliphatic rings. The standard InChI is InChI=1S/C4H7NO/c1-2-5-3-4(5)6/h2-3H2,1H3. The quantitative estimate of drug-likeness (QED) is 0.405. The zero-order valence-electron chi connectivity index (χ0n) is 3.77. The van der Waals surface area contributed by atoms with Crippen LogP contribution in [0.4, 0.5) is 0 Å². The van der Waals surface area contributed by atoms with Crippen molar-refractivity contribution in [1.82, 2.24) is 4.90 Å². The van der Waals surface area contributed by atoms with Gasteiger partial charge in [-0.2, -0.15) is 0 Å². The number of carbonyl (C=O) groups is 1. The normalized spacial score (nSPS) is 18.8. The summed E-state index contributed by atoms with van der Waals surface area (Å²) in [4.78, 5) is 11.8. The lowest BCUT2D eigenvalue weighted by molar-refractivity contribution is -0.113. The van der Waals surface area contributed by atoms with Gasteiger partial charge in [0.25, 0.3) is 0 Å². The molecule has 1 fully saturated rings. The average Bonchev–Trinajstić information content (AvgIpc) is 2.19. The Balaban J connectivity index is 2.26. The molecule has 1 amide bonds. The van der Waals surface area contributed by atoms with Crippen LogP contribution in [0.25, 0.3) is 0 Å². The van der Waals surface area contributed by atoms with Crippen LogP contribution in [0.5, 0.6) is 0 Å². The summed E-state index contributed by atoms with van der Waals surface area (Å²) in [6.07, 6.45) is 0. The fraction of sp³-hybridized carbons (Fsp3) is 0.750. The van der Waals surface area contributed by atoms with E-state index in [-0.39, 0.29) is 5.91 Å². The third kappa shape index (κ3) is 0.379. The first-order valence-electron chi connectivity index (χ1n) is 2.12. The summed E-state index contributed by atoms with van der Waals surface area (Å²) in [5.74, 6) is 0.289. The van der Waals surface area contributed by atoms with Crippen molar-refractivity contribution in [3.8, 4) is 0 Å². The fourth-order valence-electron chi connectivity index (χ4n) is 0.416. The van der Waals surface area contributed by atoms with Gasteiger partial charge in [0.1, 0.15) is 0 Å². The SMILES string of the molecule is CCN1CC1=O. The summed E-state index contributed by atoms with van der Waals surface area (Å²) in [5.41, 5.74) is 0. The smallest absolute Gasteiger partial charge is 0.242 e. The first-order valence-corrected chi connectivity index (χ1v) is 2.12. The number of rotatable bonds is 1. The van der Waals surface area contributed by atoms with Crippen LogP contribution in [0, 0.1) is 0 Å². The van der Waals surface area contributed by atoms with Gasteiger partial charge in [-0.1, -0.05) is 0 Å². The molecule has 1 saturated heterocycles. The molecule has 0 saturated carbocycles. The van der Waals surface area contributed by atoms with E-state index >= 15 is 0 Å². The molecule has 0 unspecified atom stereocenters. The third-order valence-electron chi connectivity index (χ3n) is 0.957. The van der Waals surface area contributed by atoms with Gasteiger partial charge in [-0.25, -0.2) is 0 Å². The number of nitrogens with zero attached hydrogens (tertiary/aromatic N) is 1. The Kier molecular flexibility index (Phi) is 0.587. The molecule has 0 bridgehead atoms. The van der Waals surface area contributed by atoms with Crippen molar-refractivity contribution in [2.45, 2.75) is 6.92 Å². The molecule has 2 heteroatoms. The highest BCUT2D eigenvalue weighted by atomic mass is 16.2. The molecular formula is C4H7NO. The van der Waals surface area contributed by atoms with E-state index in [9.17, 15) is 4.79 Å². The van der Waals surface area contributed by atoms with Gasteiger partial charge in [-0.3, -0.25) is 4.79 Å².